The lowest BCUT2D eigenvalue weighted by atomic mass is 10.2. The molecule has 0 atom stereocenters. The third-order valence-electron chi connectivity index (χ3n) is 3.07. The van der Waals surface area contributed by atoms with E-state index in [0.717, 1.165) is 49.7 Å². The summed E-state index contributed by atoms with van der Waals surface area (Å²) in [6, 6.07) is 0. The Hall–Kier alpha value is -1.23. The van der Waals surface area contributed by atoms with Gasteiger partial charge in [-0.1, -0.05) is 13.8 Å². The maximum Gasteiger partial charge on any atom is 0.150 e. The second kappa shape index (κ2) is 6.64. The van der Waals surface area contributed by atoms with Gasteiger partial charge in [0.1, 0.15) is 5.82 Å². The van der Waals surface area contributed by atoms with Gasteiger partial charge in [0, 0.05) is 26.7 Å². The van der Waals surface area contributed by atoms with Crippen LogP contribution in [0.4, 0.5) is 11.5 Å². The monoisotopic (exact) mass is 253 g/mol. The van der Waals surface area contributed by atoms with Crippen molar-refractivity contribution < 1.29 is 0 Å². The Morgan fingerprint density at radius 1 is 1.17 bits per heavy atom. The Morgan fingerprint density at radius 2 is 1.83 bits per heavy atom. The van der Waals surface area contributed by atoms with Crippen molar-refractivity contribution in [1.82, 2.24) is 14.7 Å². The van der Waals surface area contributed by atoms with Crippen molar-refractivity contribution in [2.75, 3.05) is 44.4 Å². The van der Waals surface area contributed by atoms with Crippen LogP contribution in [0.5, 0.6) is 0 Å². The number of likely N-dealkylation sites (N-methyl/N-ethyl adjacent to an activating group) is 1. The fourth-order valence-electron chi connectivity index (χ4n) is 2.14. The number of aromatic nitrogens is 2. The molecule has 0 aliphatic heterocycles. The highest BCUT2D eigenvalue weighted by molar-refractivity contribution is 5.66. The van der Waals surface area contributed by atoms with E-state index in [0.29, 0.717) is 0 Å². The number of hydrogen-bond donors (Lipinski definition) is 1. The minimum atomic E-state index is 0.840. The maximum absolute atomic E-state index is 6.21. The fraction of sp³-hybridized carbons (Fsp3) is 0.769. The second-order valence-corrected chi connectivity index (χ2v) is 4.95. The molecule has 0 unspecified atom stereocenters. The van der Waals surface area contributed by atoms with E-state index in [2.05, 4.69) is 42.8 Å². The average molecular weight is 253 g/mol. The van der Waals surface area contributed by atoms with Gasteiger partial charge in [0.2, 0.25) is 0 Å². The molecule has 104 valence electrons. The van der Waals surface area contributed by atoms with Gasteiger partial charge in [0.05, 0.1) is 11.4 Å². The SMILES string of the molecule is CCCN(CCN(C)C)c1c(N)c(CC)nn1C. The van der Waals surface area contributed by atoms with Gasteiger partial charge in [0.15, 0.2) is 0 Å². The van der Waals surface area contributed by atoms with Crippen LogP contribution >= 0.6 is 0 Å². The third-order valence-corrected chi connectivity index (χ3v) is 3.07. The van der Waals surface area contributed by atoms with Crippen molar-refractivity contribution in [3.63, 3.8) is 0 Å². The predicted molar refractivity (Wildman–Crippen MR) is 78.1 cm³/mol. The van der Waals surface area contributed by atoms with Crippen molar-refractivity contribution in [2.24, 2.45) is 7.05 Å². The highest BCUT2D eigenvalue weighted by atomic mass is 15.4. The van der Waals surface area contributed by atoms with E-state index in [9.17, 15) is 0 Å². The summed E-state index contributed by atoms with van der Waals surface area (Å²) in [6.07, 6.45) is 1.99. The van der Waals surface area contributed by atoms with Crippen molar-refractivity contribution in [3.05, 3.63) is 5.69 Å². The van der Waals surface area contributed by atoms with Crippen LogP contribution in [0.1, 0.15) is 26.0 Å². The van der Waals surface area contributed by atoms with Crippen LogP contribution in [0, 0.1) is 0 Å². The molecule has 1 heterocycles. The molecule has 1 aromatic heterocycles. The largest absolute Gasteiger partial charge is 0.394 e. The molecular weight excluding hydrogens is 226 g/mol. The zero-order valence-electron chi connectivity index (χ0n) is 12.4. The summed E-state index contributed by atoms with van der Waals surface area (Å²) < 4.78 is 1.92. The molecular formula is C13H27N5. The summed E-state index contributed by atoms with van der Waals surface area (Å²) in [5.74, 6) is 1.07. The minimum absolute atomic E-state index is 0.840. The molecule has 1 aromatic rings. The number of nitrogens with zero attached hydrogens (tertiary/aromatic N) is 4. The first-order chi connectivity index (χ1) is 8.51. The van der Waals surface area contributed by atoms with Crippen molar-refractivity contribution >= 4 is 11.5 Å². The standard InChI is InChI=1S/C13H27N5/c1-6-8-18(10-9-16(3)4)13-12(14)11(7-2)15-17(13)5/h6-10,14H2,1-5H3. The molecule has 0 aliphatic rings. The van der Waals surface area contributed by atoms with E-state index in [1.165, 1.54) is 0 Å². The lowest BCUT2D eigenvalue weighted by molar-refractivity contribution is 0.411. The van der Waals surface area contributed by atoms with E-state index in [4.69, 9.17) is 5.73 Å². The van der Waals surface area contributed by atoms with Gasteiger partial charge in [-0.15, -0.1) is 0 Å². The van der Waals surface area contributed by atoms with Gasteiger partial charge in [-0.2, -0.15) is 5.10 Å². The number of rotatable bonds is 7. The van der Waals surface area contributed by atoms with E-state index in [1.807, 2.05) is 11.7 Å². The van der Waals surface area contributed by atoms with Gasteiger partial charge >= 0.3 is 0 Å². The van der Waals surface area contributed by atoms with Gasteiger partial charge < -0.3 is 15.5 Å². The first-order valence-electron chi connectivity index (χ1n) is 6.72. The Bertz CT molecular complexity index is 370. The van der Waals surface area contributed by atoms with E-state index >= 15 is 0 Å². The number of nitrogen functional groups attached to an aromatic ring is 1. The van der Waals surface area contributed by atoms with Crippen LogP contribution in [0.25, 0.3) is 0 Å². The Balaban J connectivity index is 2.93. The highest BCUT2D eigenvalue weighted by Gasteiger charge is 2.17. The number of anilines is 2. The van der Waals surface area contributed by atoms with Crippen molar-refractivity contribution in [1.29, 1.82) is 0 Å². The van der Waals surface area contributed by atoms with Crippen LogP contribution in [0.15, 0.2) is 0 Å². The molecule has 2 N–H and O–H groups in total. The molecule has 0 fully saturated rings. The van der Waals surface area contributed by atoms with Crippen molar-refractivity contribution in [3.8, 4) is 0 Å². The number of aryl methyl sites for hydroxylation is 2. The summed E-state index contributed by atoms with van der Waals surface area (Å²) in [4.78, 5) is 4.53. The molecule has 0 aromatic carbocycles. The average Bonchev–Trinajstić information content (AvgIpc) is 2.60. The molecule has 0 aliphatic carbocycles. The Labute approximate surface area is 111 Å². The fourth-order valence-corrected chi connectivity index (χ4v) is 2.14. The molecule has 0 radical (unpaired) electrons. The lowest BCUT2D eigenvalue weighted by Crippen LogP contribution is -2.34. The maximum atomic E-state index is 6.21. The van der Waals surface area contributed by atoms with Crippen LogP contribution in [-0.2, 0) is 13.5 Å². The van der Waals surface area contributed by atoms with Crippen LogP contribution in [-0.4, -0.2) is 48.4 Å². The quantitative estimate of drug-likeness (QED) is 0.797. The predicted octanol–water partition coefficient (Wildman–Crippen LogP) is 1.34. The van der Waals surface area contributed by atoms with Gasteiger partial charge in [-0.25, -0.2) is 0 Å². The van der Waals surface area contributed by atoms with Crippen LogP contribution in [0.2, 0.25) is 0 Å². The first-order valence-corrected chi connectivity index (χ1v) is 6.72. The molecule has 5 heteroatoms. The van der Waals surface area contributed by atoms with Crippen LogP contribution in [0.3, 0.4) is 0 Å². The molecule has 5 nitrogen and oxygen atoms in total. The van der Waals surface area contributed by atoms with E-state index in [-0.39, 0.29) is 0 Å². The lowest BCUT2D eigenvalue weighted by Gasteiger charge is -2.26. The number of hydrogen-bond acceptors (Lipinski definition) is 4. The molecule has 0 saturated heterocycles. The summed E-state index contributed by atoms with van der Waals surface area (Å²) in [6.45, 7) is 7.29. The smallest absolute Gasteiger partial charge is 0.150 e. The normalized spacial score (nSPS) is 11.2. The molecule has 0 saturated carbocycles. The highest BCUT2D eigenvalue weighted by Crippen LogP contribution is 2.26. The zero-order chi connectivity index (χ0) is 13.7. The third kappa shape index (κ3) is 3.38. The van der Waals surface area contributed by atoms with E-state index < -0.39 is 0 Å². The van der Waals surface area contributed by atoms with Crippen molar-refractivity contribution in [2.45, 2.75) is 26.7 Å². The summed E-state index contributed by atoms with van der Waals surface area (Å²) in [5.41, 5.74) is 8.05. The van der Waals surface area contributed by atoms with Gasteiger partial charge in [-0.05, 0) is 26.9 Å². The second-order valence-electron chi connectivity index (χ2n) is 4.95. The Morgan fingerprint density at radius 3 is 2.28 bits per heavy atom. The summed E-state index contributed by atoms with van der Waals surface area (Å²) in [7, 11) is 6.16. The molecule has 18 heavy (non-hydrogen) atoms. The zero-order valence-corrected chi connectivity index (χ0v) is 12.4. The Kier molecular flexibility index (Phi) is 5.47. The summed E-state index contributed by atoms with van der Waals surface area (Å²) in [5, 5.41) is 4.50. The first kappa shape index (κ1) is 14.8. The number of nitrogens with two attached hydrogens (primary N) is 1. The van der Waals surface area contributed by atoms with Gasteiger partial charge in [0.25, 0.3) is 0 Å². The van der Waals surface area contributed by atoms with Crippen LogP contribution < -0.4 is 10.6 Å². The molecule has 1 rings (SSSR count). The molecule has 0 spiro atoms. The summed E-state index contributed by atoms with van der Waals surface area (Å²) >= 11 is 0. The van der Waals surface area contributed by atoms with Gasteiger partial charge in [-0.3, -0.25) is 4.68 Å². The molecule has 0 amide bonds. The van der Waals surface area contributed by atoms with E-state index in [1.54, 1.807) is 0 Å². The molecule has 0 bridgehead atoms. The minimum Gasteiger partial charge on any atom is -0.394 e. The topological polar surface area (TPSA) is 50.3 Å².